The summed E-state index contributed by atoms with van der Waals surface area (Å²) in [6.07, 6.45) is 2.99. The summed E-state index contributed by atoms with van der Waals surface area (Å²) in [5.74, 6) is -2.71. The van der Waals surface area contributed by atoms with Gasteiger partial charge >= 0.3 is 5.97 Å². The van der Waals surface area contributed by atoms with Gasteiger partial charge in [-0.05, 0) is 29.8 Å². The van der Waals surface area contributed by atoms with E-state index in [1.807, 2.05) is 25.2 Å². The minimum absolute atomic E-state index is 0.0521. The quantitative estimate of drug-likeness (QED) is 0.620. The van der Waals surface area contributed by atoms with Gasteiger partial charge in [0.15, 0.2) is 0 Å². The fourth-order valence-corrected chi connectivity index (χ4v) is 3.16. The van der Waals surface area contributed by atoms with E-state index in [2.05, 4.69) is 5.10 Å². The number of hydrogen-bond acceptors (Lipinski definition) is 2. The van der Waals surface area contributed by atoms with E-state index in [1.54, 1.807) is 10.9 Å². The summed E-state index contributed by atoms with van der Waals surface area (Å²) in [5.41, 5.74) is 1.47. The highest BCUT2D eigenvalue weighted by atomic mass is 19.1. The van der Waals surface area contributed by atoms with Crippen LogP contribution in [0.4, 0.5) is 8.78 Å². The largest absolute Gasteiger partial charge is 0.478 e. The lowest BCUT2D eigenvalue weighted by atomic mass is 10.1. The molecule has 4 aromatic rings. The molecule has 0 aliphatic heterocycles. The van der Waals surface area contributed by atoms with Gasteiger partial charge in [-0.15, -0.1) is 0 Å². The Hall–Kier alpha value is -3.22. The summed E-state index contributed by atoms with van der Waals surface area (Å²) in [4.78, 5) is 11.4. The molecular weight excluding hydrogens is 328 g/mol. The molecule has 0 bridgehead atoms. The number of aryl methyl sites for hydroxylation is 1. The van der Waals surface area contributed by atoms with Crippen molar-refractivity contribution in [3.63, 3.8) is 0 Å². The number of fused-ring (bicyclic) bond motifs is 2. The van der Waals surface area contributed by atoms with E-state index in [-0.39, 0.29) is 23.0 Å². The van der Waals surface area contributed by atoms with E-state index in [0.717, 1.165) is 28.6 Å². The molecule has 2 aromatic heterocycles. The average Bonchev–Trinajstić information content (AvgIpc) is 3.13. The Bertz CT molecular complexity index is 1140. The van der Waals surface area contributed by atoms with Gasteiger partial charge in [0.25, 0.3) is 0 Å². The molecule has 0 radical (unpaired) electrons. The zero-order valence-corrected chi connectivity index (χ0v) is 13.2. The predicted molar refractivity (Wildman–Crippen MR) is 88.6 cm³/mol. The molecule has 1 N–H and O–H groups in total. The number of aromatic carboxylic acids is 1. The Kier molecular flexibility index (Phi) is 3.31. The zero-order valence-electron chi connectivity index (χ0n) is 13.2. The number of carboxylic acids is 1. The summed E-state index contributed by atoms with van der Waals surface area (Å²) in [7, 11) is 1.83. The summed E-state index contributed by atoms with van der Waals surface area (Å²) < 4.78 is 31.5. The molecule has 126 valence electrons. The first-order chi connectivity index (χ1) is 12.0. The number of carboxylic acid groups (broad SMARTS) is 1. The highest BCUT2D eigenvalue weighted by Gasteiger charge is 2.20. The number of nitrogens with zero attached hydrogens (tertiary/aromatic N) is 3. The van der Waals surface area contributed by atoms with Crippen LogP contribution >= 0.6 is 0 Å². The molecule has 0 fully saturated rings. The molecule has 0 aliphatic rings. The number of halogens is 2. The molecule has 0 atom stereocenters. The van der Waals surface area contributed by atoms with Crippen molar-refractivity contribution in [1.29, 1.82) is 0 Å². The first-order valence-corrected chi connectivity index (χ1v) is 7.56. The van der Waals surface area contributed by atoms with Crippen molar-refractivity contribution in [1.82, 2.24) is 14.3 Å². The number of benzene rings is 2. The maximum Gasteiger partial charge on any atom is 0.337 e. The Labute approximate surface area is 140 Å². The van der Waals surface area contributed by atoms with Crippen molar-refractivity contribution < 1.29 is 18.7 Å². The number of rotatable bonds is 3. The molecule has 25 heavy (non-hydrogen) atoms. The van der Waals surface area contributed by atoms with Crippen LogP contribution in [0.25, 0.3) is 21.8 Å². The SMILES string of the molecule is Cn1ncc2cc(Cn3cc(C(=O)O)c4c(F)ccc(F)c43)ccc21. The molecule has 0 spiro atoms. The van der Waals surface area contributed by atoms with E-state index in [4.69, 9.17) is 0 Å². The molecule has 2 heterocycles. The topological polar surface area (TPSA) is 60.0 Å². The normalized spacial score (nSPS) is 11.5. The van der Waals surface area contributed by atoms with Gasteiger partial charge in [0.1, 0.15) is 11.6 Å². The molecule has 2 aromatic carbocycles. The van der Waals surface area contributed by atoms with E-state index in [9.17, 15) is 18.7 Å². The molecule has 5 nitrogen and oxygen atoms in total. The highest BCUT2D eigenvalue weighted by molar-refractivity contribution is 6.04. The highest BCUT2D eigenvalue weighted by Crippen LogP contribution is 2.28. The van der Waals surface area contributed by atoms with E-state index < -0.39 is 17.6 Å². The van der Waals surface area contributed by atoms with Crippen LogP contribution in [0.2, 0.25) is 0 Å². The Morgan fingerprint density at radius 1 is 1.20 bits per heavy atom. The average molecular weight is 341 g/mol. The lowest BCUT2D eigenvalue weighted by molar-refractivity contribution is 0.0698. The molecule has 0 amide bonds. The van der Waals surface area contributed by atoms with Gasteiger partial charge in [0.05, 0.1) is 28.2 Å². The van der Waals surface area contributed by atoms with Crippen LogP contribution in [0, 0.1) is 11.6 Å². The van der Waals surface area contributed by atoms with Gasteiger partial charge in [0, 0.05) is 25.2 Å². The van der Waals surface area contributed by atoms with Crippen molar-refractivity contribution in [2.75, 3.05) is 0 Å². The Morgan fingerprint density at radius 3 is 2.72 bits per heavy atom. The van der Waals surface area contributed by atoms with Crippen LogP contribution in [0.1, 0.15) is 15.9 Å². The van der Waals surface area contributed by atoms with Gasteiger partial charge in [-0.2, -0.15) is 5.10 Å². The third kappa shape index (κ3) is 2.36. The molecule has 0 saturated heterocycles. The smallest absolute Gasteiger partial charge is 0.337 e. The maximum absolute atomic E-state index is 14.3. The summed E-state index contributed by atoms with van der Waals surface area (Å²) in [6, 6.07) is 7.58. The first kappa shape index (κ1) is 15.3. The molecule has 4 rings (SSSR count). The summed E-state index contributed by atoms with van der Waals surface area (Å²) in [6.45, 7) is 0.217. The molecular formula is C18H13F2N3O2. The van der Waals surface area contributed by atoms with Crippen LogP contribution in [0.3, 0.4) is 0 Å². The third-order valence-corrected chi connectivity index (χ3v) is 4.31. The van der Waals surface area contributed by atoms with Crippen LogP contribution < -0.4 is 0 Å². The van der Waals surface area contributed by atoms with Gasteiger partial charge in [0.2, 0.25) is 0 Å². The van der Waals surface area contributed by atoms with Crippen LogP contribution in [-0.2, 0) is 13.6 Å². The molecule has 0 aliphatic carbocycles. The minimum Gasteiger partial charge on any atom is -0.478 e. The van der Waals surface area contributed by atoms with Crippen molar-refractivity contribution in [3.8, 4) is 0 Å². The standard InChI is InChI=1S/C18H13F2N3O2/c1-22-15-5-2-10(6-11(15)7-21-22)8-23-9-12(18(24)25)16-13(19)3-4-14(20)17(16)23/h2-7,9H,8H2,1H3,(H,24,25). The monoisotopic (exact) mass is 341 g/mol. The fourth-order valence-electron chi connectivity index (χ4n) is 3.16. The van der Waals surface area contributed by atoms with Crippen LogP contribution in [0.5, 0.6) is 0 Å². The maximum atomic E-state index is 14.3. The summed E-state index contributed by atoms with van der Waals surface area (Å²) in [5, 5.41) is 14.2. The lowest BCUT2D eigenvalue weighted by Crippen LogP contribution is -2.00. The number of carbonyl (C=O) groups is 1. The van der Waals surface area contributed by atoms with E-state index in [0.29, 0.717) is 0 Å². The van der Waals surface area contributed by atoms with Crippen molar-refractivity contribution in [3.05, 3.63) is 65.5 Å². The van der Waals surface area contributed by atoms with Gasteiger partial charge in [-0.25, -0.2) is 13.6 Å². The number of hydrogen-bond donors (Lipinski definition) is 1. The third-order valence-electron chi connectivity index (χ3n) is 4.31. The second-order valence-electron chi connectivity index (χ2n) is 5.89. The van der Waals surface area contributed by atoms with Gasteiger partial charge in [-0.1, -0.05) is 6.07 Å². The fraction of sp³-hybridized carbons (Fsp3) is 0.111. The minimum atomic E-state index is -1.30. The summed E-state index contributed by atoms with van der Waals surface area (Å²) >= 11 is 0. The van der Waals surface area contributed by atoms with Crippen LogP contribution in [0.15, 0.2) is 42.7 Å². The van der Waals surface area contributed by atoms with Crippen LogP contribution in [-0.4, -0.2) is 25.4 Å². The van der Waals surface area contributed by atoms with Crippen molar-refractivity contribution in [2.45, 2.75) is 6.54 Å². The Morgan fingerprint density at radius 2 is 1.96 bits per heavy atom. The second kappa shape index (κ2) is 5.41. The lowest BCUT2D eigenvalue weighted by Gasteiger charge is -2.07. The van der Waals surface area contributed by atoms with Crippen molar-refractivity contribution >= 4 is 27.8 Å². The molecule has 0 unspecified atom stereocenters. The zero-order chi connectivity index (χ0) is 17.7. The predicted octanol–water partition coefficient (Wildman–Crippen LogP) is 3.55. The van der Waals surface area contributed by atoms with Crippen molar-refractivity contribution in [2.24, 2.45) is 7.05 Å². The van der Waals surface area contributed by atoms with E-state index >= 15 is 0 Å². The molecule has 0 saturated carbocycles. The van der Waals surface area contributed by atoms with Gasteiger partial charge in [-0.3, -0.25) is 4.68 Å². The first-order valence-electron chi connectivity index (χ1n) is 7.56. The van der Waals surface area contributed by atoms with E-state index in [1.165, 1.54) is 10.8 Å². The van der Waals surface area contributed by atoms with Gasteiger partial charge < -0.3 is 9.67 Å². The Balaban J connectivity index is 1.88. The number of aromatic nitrogens is 3. The molecule has 7 heteroatoms. The second-order valence-corrected chi connectivity index (χ2v) is 5.89.